The van der Waals surface area contributed by atoms with Crippen molar-refractivity contribution in [2.24, 2.45) is 0 Å². The summed E-state index contributed by atoms with van der Waals surface area (Å²) in [5.41, 5.74) is 3.51. The summed E-state index contributed by atoms with van der Waals surface area (Å²) >= 11 is 0. The number of hydrogen-bond donors (Lipinski definition) is 0. The van der Waals surface area contributed by atoms with Gasteiger partial charge >= 0.3 is 0 Å². The number of carbonyl (C=O) groups excluding carboxylic acids is 1. The van der Waals surface area contributed by atoms with Crippen molar-refractivity contribution >= 4 is 22.4 Å². The highest BCUT2D eigenvalue weighted by molar-refractivity contribution is 5.98. The van der Waals surface area contributed by atoms with Crippen LogP contribution in [0.15, 0.2) is 36.4 Å². The second kappa shape index (κ2) is 8.26. The van der Waals surface area contributed by atoms with Crippen LogP contribution in [0.25, 0.3) is 16.5 Å². The van der Waals surface area contributed by atoms with Crippen molar-refractivity contribution in [1.82, 2.24) is 14.9 Å². The third-order valence-corrected chi connectivity index (χ3v) is 4.81. The fraction of sp³-hybridized carbons (Fsp3) is 0.409. The molecule has 1 aromatic carbocycles. The number of likely N-dealkylation sites (tertiary alicyclic amines) is 1. The van der Waals surface area contributed by atoms with Crippen molar-refractivity contribution in [3.8, 4) is 0 Å². The highest BCUT2D eigenvalue weighted by Crippen LogP contribution is 2.22. The van der Waals surface area contributed by atoms with Crippen molar-refractivity contribution in [3.05, 3.63) is 53.5 Å². The van der Waals surface area contributed by atoms with Gasteiger partial charge in [0.1, 0.15) is 0 Å². The van der Waals surface area contributed by atoms with E-state index >= 15 is 0 Å². The van der Waals surface area contributed by atoms with E-state index in [-0.39, 0.29) is 5.91 Å². The zero-order chi connectivity index (χ0) is 18.5. The maximum Gasteiger partial charge on any atom is 0.253 e. The number of aryl methyl sites for hydroxylation is 1. The van der Waals surface area contributed by atoms with E-state index < -0.39 is 0 Å². The van der Waals surface area contributed by atoms with Crippen LogP contribution in [0.3, 0.4) is 0 Å². The van der Waals surface area contributed by atoms with Crippen molar-refractivity contribution in [2.45, 2.75) is 46.5 Å². The Labute approximate surface area is 155 Å². The number of amides is 1. The number of piperidine rings is 1. The van der Waals surface area contributed by atoms with Gasteiger partial charge < -0.3 is 4.90 Å². The molecule has 2 heterocycles. The summed E-state index contributed by atoms with van der Waals surface area (Å²) in [6.07, 6.45) is 10.5. The molecule has 0 N–H and O–H groups in total. The molecule has 0 radical (unpaired) electrons. The Balaban J connectivity index is 2.02. The molecule has 1 aliphatic heterocycles. The van der Waals surface area contributed by atoms with Crippen LogP contribution in [0.1, 0.15) is 61.4 Å². The molecule has 0 atom stereocenters. The number of carbonyl (C=O) groups is 1. The Morgan fingerprint density at radius 1 is 1.19 bits per heavy atom. The molecular formula is C22H27N3O. The summed E-state index contributed by atoms with van der Waals surface area (Å²) in [6.45, 7) is 7.81. The van der Waals surface area contributed by atoms with E-state index in [1.807, 2.05) is 49.1 Å². The van der Waals surface area contributed by atoms with E-state index in [2.05, 4.69) is 18.0 Å². The normalized spacial score (nSPS) is 15.8. The molecule has 1 aromatic heterocycles. The van der Waals surface area contributed by atoms with Crippen LogP contribution in [0.5, 0.6) is 0 Å². The molecule has 0 aliphatic carbocycles. The minimum absolute atomic E-state index is 0.113. The molecule has 26 heavy (non-hydrogen) atoms. The lowest BCUT2D eigenvalue weighted by molar-refractivity contribution is 0.0724. The Bertz CT molecular complexity index is 861. The molecule has 136 valence electrons. The van der Waals surface area contributed by atoms with Gasteiger partial charge in [-0.3, -0.25) is 4.79 Å². The van der Waals surface area contributed by atoms with Gasteiger partial charge in [-0.05, 0) is 51.7 Å². The lowest BCUT2D eigenvalue weighted by atomic mass is 10.1. The molecule has 1 aliphatic rings. The fourth-order valence-electron chi connectivity index (χ4n) is 3.46. The average Bonchev–Trinajstić information content (AvgIpc) is 2.67. The smallest absolute Gasteiger partial charge is 0.253 e. The van der Waals surface area contributed by atoms with E-state index in [0.29, 0.717) is 0 Å². The Morgan fingerprint density at radius 2 is 1.96 bits per heavy atom. The highest BCUT2D eigenvalue weighted by Gasteiger charge is 2.19. The number of nitrogens with zero attached hydrogens (tertiary/aromatic N) is 3. The van der Waals surface area contributed by atoms with Crippen molar-refractivity contribution in [1.29, 1.82) is 0 Å². The minimum atomic E-state index is 0.113. The average molecular weight is 349 g/mol. The van der Waals surface area contributed by atoms with E-state index in [1.54, 1.807) is 0 Å². The molecule has 3 rings (SSSR count). The largest absolute Gasteiger partial charge is 0.339 e. The summed E-state index contributed by atoms with van der Waals surface area (Å²) in [4.78, 5) is 24.2. The summed E-state index contributed by atoms with van der Waals surface area (Å²) in [5, 5.41) is 1.00. The predicted molar refractivity (Wildman–Crippen MR) is 107 cm³/mol. The first-order valence-electron chi connectivity index (χ1n) is 9.55. The summed E-state index contributed by atoms with van der Waals surface area (Å²) < 4.78 is 0. The Hall–Kier alpha value is -2.49. The maximum atomic E-state index is 12.8. The molecular weight excluding hydrogens is 322 g/mol. The van der Waals surface area contributed by atoms with Crippen molar-refractivity contribution in [2.75, 3.05) is 13.1 Å². The molecule has 0 saturated carbocycles. The van der Waals surface area contributed by atoms with E-state index in [4.69, 9.17) is 4.98 Å². The monoisotopic (exact) mass is 349 g/mol. The van der Waals surface area contributed by atoms with Gasteiger partial charge in [-0.1, -0.05) is 31.2 Å². The van der Waals surface area contributed by atoms with Gasteiger partial charge in [-0.15, -0.1) is 0 Å². The number of hydrogen-bond acceptors (Lipinski definition) is 3. The number of allylic oxidation sites excluding steroid dienone is 4. The molecule has 4 nitrogen and oxygen atoms in total. The molecule has 4 heteroatoms. The maximum absolute atomic E-state index is 12.8. The molecule has 2 aromatic rings. The van der Waals surface area contributed by atoms with Crippen LogP contribution in [-0.4, -0.2) is 33.9 Å². The molecule has 0 bridgehead atoms. The zero-order valence-electron chi connectivity index (χ0n) is 16.0. The second-order valence-corrected chi connectivity index (χ2v) is 6.79. The molecule has 0 unspecified atom stereocenters. The predicted octanol–water partition coefficient (Wildman–Crippen LogP) is 4.93. The second-order valence-electron chi connectivity index (χ2n) is 6.79. The summed E-state index contributed by atoms with van der Waals surface area (Å²) in [6, 6.07) is 5.80. The van der Waals surface area contributed by atoms with E-state index in [9.17, 15) is 4.79 Å². The molecule has 1 saturated heterocycles. The van der Waals surface area contributed by atoms with Gasteiger partial charge in [-0.25, -0.2) is 9.97 Å². The Kier molecular flexibility index (Phi) is 5.82. The van der Waals surface area contributed by atoms with Crippen molar-refractivity contribution < 1.29 is 4.79 Å². The number of aromatic nitrogens is 2. The first-order valence-corrected chi connectivity index (χ1v) is 9.55. The van der Waals surface area contributed by atoms with Gasteiger partial charge in [0.05, 0.1) is 5.52 Å². The third-order valence-electron chi connectivity index (χ3n) is 4.81. The molecule has 1 amide bonds. The van der Waals surface area contributed by atoms with Crippen LogP contribution in [-0.2, 0) is 0 Å². The number of benzene rings is 1. The van der Waals surface area contributed by atoms with Crippen LogP contribution < -0.4 is 0 Å². The van der Waals surface area contributed by atoms with Crippen LogP contribution in [0.2, 0.25) is 0 Å². The van der Waals surface area contributed by atoms with Gasteiger partial charge in [0.15, 0.2) is 5.82 Å². The van der Waals surface area contributed by atoms with E-state index in [1.165, 1.54) is 6.42 Å². The SMILES string of the molecule is C/C=C\C(=C/CC)c1nc(C)c2ccc(C(=O)N3CCCCC3)cc2n1. The lowest BCUT2D eigenvalue weighted by Gasteiger charge is -2.26. The van der Waals surface area contributed by atoms with E-state index in [0.717, 1.165) is 65.9 Å². The van der Waals surface area contributed by atoms with Crippen LogP contribution >= 0.6 is 0 Å². The van der Waals surface area contributed by atoms with Crippen LogP contribution in [0, 0.1) is 6.92 Å². The lowest BCUT2D eigenvalue weighted by Crippen LogP contribution is -2.35. The molecule has 1 fully saturated rings. The van der Waals surface area contributed by atoms with Gasteiger partial charge in [0.25, 0.3) is 5.91 Å². The minimum Gasteiger partial charge on any atom is -0.339 e. The van der Waals surface area contributed by atoms with Gasteiger partial charge in [0.2, 0.25) is 0 Å². The first kappa shape index (κ1) is 18.3. The third kappa shape index (κ3) is 3.85. The summed E-state index contributed by atoms with van der Waals surface area (Å²) in [7, 11) is 0. The highest BCUT2D eigenvalue weighted by atomic mass is 16.2. The number of fused-ring (bicyclic) bond motifs is 1. The first-order chi connectivity index (χ1) is 12.6. The molecule has 0 spiro atoms. The Morgan fingerprint density at radius 3 is 2.65 bits per heavy atom. The quantitative estimate of drug-likeness (QED) is 0.735. The standard InChI is InChI=1S/C22H27N3O/c1-4-9-17(10-5-2)21-23-16(3)19-12-11-18(15-20(19)24-21)22(26)25-13-7-6-8-14-25/h4,9-12,15H,5-8,13-14H2,1-3H3/b9-4-,17-10+. The fourth-order valence-corrected chi connectivity index (χ4v) is 3.46. The van der Waals surface area contributed by atoms with Gasteiger partial charge in [-0.2, -0.15) is 0 Å². The van der Waals surface area contributed by atoms with Crippen molar-refractivity contribution in [3.63, 3.8) is 0 Å². The topological polar surface area (TPSA) is 46.1 Å². The number of rotatable bonds is 4. The van der Waals surface area contributed by atoms with Gasteiger partial charge in [0, 0.05) is 35.3 Å². The van der Waals surface area contributed by atoms with Crippen LogP contribution in [0.4, 0.5) is 0 Å². The summed E-state index contributed by atoms with van der Waals surface area (Å²) in [5.74, 6) is 0.833. The zero-order valence-corrected chi connectivity index (χ0v) is 16.0.